The lowest BCUT2D eigenvalue weighted by Gasteiger charge is -2.08. The monoisotopic (exact) mass is 328 g/mol. The number of hydrogen-bond donors (Lipinski definition) is 0. The molecule has 3 rings (SSSR count). The number of hydrogen-bond acceptors (Lipinski definition) is 5. The van der Waals surface area contributed by atoms with Crippen molar-refractivity contribution in [3.63, 3.8) is 0 Å². The molecule has 0 saturated carbocycles. The van der Waals surface area contributed by atoms with Crippen molar-refractivity contribution in [2.24, 2.45) is 0 Å². The van der Waals surface area contributed by atoms with E-state index in [1.807, 2.05) is 24.3 Å². The Morgan fingerprint density at radius 1 is 1.13 bits per heavy atom. The molecule has 1 aliphatic heterocycles. The molecule has 23 heavy (non-hydrogen) atoms. The fraction of sp³-hybridized carbons (Fsp3) is 0.222. The topological polar surface area (TPSA) is 52.6 Å². The number of esters is 1. The van der Waals surface area contributed by atoms with Gasteiger partial charge in [0.2, 0.25) is 0 Å². The first-order valence-electron chi connectivity index (χ1n) is 7.16. The lowest BCUT2D eigenvalue weighted by Crippen LogP contribution is -2.08. The van der Waals surface area contributed by atoms with Gasteiger partial charge in [-0.15, -0.1) is 11.8 Å². The van der Waals surface area contributed by atoms with E-state index in [9.17, 15) is 9.59 Å². The summed E-state index contributed by atoms with van der Waals surface area (Å²) in [4.78, 5) is 25.3. The number of ether oxygens (including phenoxy) is 2. The fourth-order valence-electron chi connectivity index (χ4n) is 2.55. The molecule has 0 N–H and O–H groups in total. The van der Waals surface area contributed by atoms with Crippen LogP contribution in [-0.2, 0) is 21.7 Å². The summed E-state index contributed by atoms with van der Waals surface area (Å²) < 4.78 is 9.92. The zero-order valence-electron chi connectivity index (χ0n) is 12.9. The van der Waals surface area contributed by atoms with Crippen molar-refractivity contribution in [1.82, 2.24) is 0 Å². The maximum Gasteiger partial charge on any atom is 0.309 e. The first kappa shape index (κ1) is 15.6. The van der Waals surface area contributed by atoms with Gasteiger partial charge in [-0.05, 0) is 35.4 Å². The number of carbonyl (C=O) groups excluding carboxylic acids is 2. The predicted molar refractivity (Wildman–Crippen MR) is 88.1 cm³/mol. The maximum atomic E-state index is 12.9. The first-order valence-corrected chi connectivity index (χ1v) is 8.15. The number of methoxy groups -OCH3 is 2. The summed E-state index contributed by atoms with van der Waals surface area (Å²) in [7, 11) is 2.94. The van der Waals surface area contributed by atoms with Gasteiger partial charge in [0.05, 0.1) is 20.6 Å². The second-order valence-corrected chi connectivity index (χ2v) is 6.24. The summed E-state index contributed by atoms with van der Waals surface area (Å²) in [5.74, 6) is 1.04. The van der Waals surface area contributed by atoms with E-state index in [1.54, 1.807) is 31.0 Å². The lowest BCUT2D eigenvalue weighted by atomic mass is 9.97. The standard InChI is InChI=1S/C18H16O4S/c1-21-13-5-4-12-10-23-16-6-3-11(8-17(19)22-2)7-15(16)18(20)14(12)9-13/h3-7,9H,8,10H2,1-2H3. The molecule has 1 aliphatic rings. The van der Waals surface area contributed by atoms with E-state index in [0.717, 1.165) is 21.8 Å². The maximum absolute atomic E-state index is 12.9. The van der Waals surface area contributed by atoms with Gasteiger partial charge in [-0.1, -0.05) is 12.1 Å². The molecular weight excluding hydrogens is 312 g/mol. The first-order chi connectivity index (χ1) is 11.1. The second-order valence-electron chi connectivity index (χ2n) is 5.22. The van der Waals surface area contributed by atoms with Gasteiger partial charge in [0.25, 0.3) is 0 Å². The van der Waals surface area contributed by atoms with Crippen molar-refractivity contribution in [2.45, 2.75) is 17.1 Å². The highest BCUT2D eigenvalue weighted by Crippen LogP contribution is 2.35. The molecule has 2 aromatic carbocycles. The van der Waals surface area contributed by atoms with Gasteiger partial charge in [0.15, 0.2) is 5.78 Å². The Balaban J connectivity index is 2.03. The Morgan fingerprint density at radius 2 is 1.96 bits per heavy atom. The van der Waals surface area contributed by atoms with E-state index >= 15 is 0 Å². The van der Waals surface area contributed by atoms with Gasteiger partial charge in [-0.2, -0.15) is 0 Å². The average molecular weight is 328 g/mol. The van der Waals surface area contributed by atoms with Crippen molar-refractivity contribution in [1.29, 1.82) is 0 Å². The smallest absolute Gasteiger partial charge is 0.309 e. The van der Waals surface area contributed by atoms with Crippen molar-refractivity contribution < 1.29 is 19.1 Å². The van der Waals surface area contributed by atoms with Crippen LogP contribution >= 0.6 is 11.8 Å². The number of fused-ring (bicyclic) bond motifs is 2. The highest BCUT2D eigenvalue weighted by molar-refractivity contribution is 7.98. The third-order valence-corrected chi connectivity index (χ3v) is 4.93. The zero-order valence-corrected chi connectivity index (χ0v) is 13.7. The minimum Gasteiger partial charge on any atom is -0.497 e. The Labute approximate surface area is 138 Å². The van der Waals surface area contributed by atoms with E-state index in [2.05, 4.69) is 0 Å². The zero-order chi connectivity index (χ0) is 16.4. The molecule has 0 aromatic heterocycles. The molecule has 4 nitrogen and oxygen atoms in total. The minimum absolute atomic E-state index is 0.0365. The van der Waals surface area contributed by atoms with Gasteiger partial charge in [-0.25, -0.2) is 0 Å². The van der Waals surface area contributed by atoms with E-state index in [1.165, 1.54) is 7.11 Å². The van der Waals surface area contributed by atoms with E-state index in [4.69, 9.17) is 9.47 Å². The van der Waals surface area contributed by atoms with Crippen LogP contribution in [0.25, 0.3) is 0 Å². The molecule has 0 amide bonds. The number of ketones is 1. The van der Waals surface area contributed by atoms with Gasteiger partial charge in [-0.3, -0.25) is 9.59 Å². The van der Waals surface area contributed by atoms with Gasteiger partial charge < -0.3 is 9.47 Å². The summed E-state index contributed by atoms with van der Waals surface area (Å²) in [6, 6.07) is 11.1. The Morgan fingerprint density at radius 3 is 2.70 bits per heavy atom. The number of rotatable bonds is 3. The molecule has 5 heteroatoms. The van der Waals surface area contributed by atoms with Crippen LogP contribution in [0.4, 0.5) is 0 Å². The molecule has 0 bridgehead atoms. The third kappa shape index (κ3) is 3.10. The minimum atomic E-state index is -0.319. The van der Waals surface area contributed by atoms with Crippen LogP contribution in [0.5, 0.6) is 5.75 Å². The molecular formula is C18H16O4S. The molecule has 0 atom stereocenters. The largest absolute Gasteiger partial charge is 0.497 e. The van der Waals surface area contributed by atoms with Gasteiger partial charge >= 0.3 is 5.97 Å². The third-order valence-electron chi connectivity index (χ3n) is 3.81. The summed E-state index contributed by atoms with van der Waals surface area (Å²) in [5.41, 5.74) is 3.05. The SMILES string of the molecule is COC(=O)Cc1ccc2c(c1)C(=O)c1cc(OC)ccc1CS2. The molecule has 0 radical (unpaired) electrons. The molecule has 0 saturated heterocycles. The lowest BCUT2D eigenvalue weighted by molar-refractivity contribution is -0.139. The Hall–Kier alpha value is -2.27. The predicted octanol–water partition coefficient (Wildman–Crippen LogP) is 3.25. The van der Waals surface area contributed by atoms with Crippen molar-refractivity contribution in [2.75, 3.05) is 14.2 Å². The van der Waals surface area contributed by atoms with Gasteiger partial charge in [0.1, 0.15) is 5.75 Å². The van der Waals surface area contributed by atoms with Crippen molar-refractivity contribution >= 4 is 23.5 Å². The molecule has 0 aliphatic carbocycles. The number of benzene rings is 2. The molecule has 2 aromatic rings. The molecule has 0 unspecified atom stereocenters. The number of carbonyl (C=O) groups is 2. The van der Waals surface area contributed by atoms with Crippen LogP contribution in [-0.4, -0.2) is 26.0 Å². The fourth-order valence-corrected chi connectivity index (χ4v) is 3.58. The quantitative estimate of drug-likeness (QED) is 0.810. The van der Waals surface area contributed by atoms with E-state index in [0.29, 0.717) is 16.9 Å². The highest BCUT2D eigenvalue weighted by Gasteiger charge is 2.23. The van der Waals surface area contributed by atoms with Crippen LogP contribution in [0.3, 0.4) is 0 Å². The normalized spacial score (nSPS) is 12.9. The molecule has 118 valence electrons. The van der Waals surface area contributed by atoms with Crippen LogP contribution in [0.15, 0.2) is 41.3 Å². The highest BCUT2D eigenvalue weighted by atomic mass is 32.2. The molecule has 0 fully saturated rings. The summed E-state index contributed by atoms with van der Waals surface area (Å²) >= 11 is 1.62. The molecule has 1 heterocycles. The van der Waals surface area contributed by atoms with E-state index < -0.39 is 0 Å². The van der Waals surface area contributed by atoms with Crippen LogP contribution in [0, 0.1) is 0 Å². The van der Waals surface area contributed by atoms with Gasteiger partial charge in [0, 0.05) is 21.8 Å². The average Bonchev–Trinajstić information content (AvgIpc) is 2.72. The van der Waals surface area contributed by atoms with Crippen molar-refractivity contribution in [3.05, 3.63) is 58.7 Å². The van der Waals surface area contributed by atoms with E-state index in [-0.39, 0.29) is 18.2 Å². The molecule has 0 spiro atoms. The Kier molecular flexibility index (Phi) is 4.39. The van der Waals surface area contributed by atoms with Crippen LogP contribution in [0.2, 0.25) is 0 Å². The summed E-state index contributed by atoms with van der Waals surface area (Å²) in [6.45, 7) is 0. The van der Waals surface area contributed by atoms with Crippen LogP contribution < -0.4 is 4.74 Å². The Bertz CT molecular complexity index is 783. The second kappa shape index (κ2) is 6.46. The van der Waals surface area contributed by atoms with Crippen LogP contribution in [0.1, 0.15) is 27.0 Å². The number of thioether (sulfide) groups is 1. The summed E-state index contributed by atoms with van der Waals surface area (Å²) in [5, 5.41) is 0. The summed E-state index contributed by atoms with van der Waals surface area (Å²) in [6.07, 6.45) is 0.159. The van der Waals surface area contributed by atoms with Crippen molar-refractivity contribution in [3.8, 4) is 5.75 Å².